The van der Waals surface area contributed by atoms with Crippen molar-refractivity contribution in [2.45, 2.75) is 117 Å². The number of primary amides is 1. The van der Waals surface area contributed by atoms with E-state index >= 15 is 0 Å². The zero-order valence-electron chi connectivity index (χ0n) is 16.5. The molecule has 0 aliphatic heterocycles. The van der Waals surface area contributed by atoms with Gasteiger partial charge >= 0.3 is 0 Å². The van der Waals surface area contributed by atoms with E-state index < -0.39 is 0 Å². The fourth-order valence-corrected chi connectivity index (χ4v) is 3.16. The molecule has 24 heavy (non-hydrogen) atoms. The van der Waals surface area contributed by atoms with Crippen LogP contribution in [0, 0.1) is 5.92 Å². The lowest BCUT2D eigenvalue weighted by Gasteiger charge is -2.12. The van der Waals surface area contributed by atoms with Gasteiger partial charge in [-0.05, 0) is 38.5 Å². The lowest BCUT2D eigenvalue weighted by Crippen LogP contribution is -2.23. The first-order chi connectivity index (χ1) is 11.7. The molecule has 2 N–H and O–H groups in total. The highest BCUT2D eigenvalue weighted by Crippen LogP contribution is 2.17. The zero-order valence-corrected chi connectivity index (χ0v) is 16.5. The van der Waals surface area contributed by atoms with Gasteiger partial charge in [-0.2, -0.15) is 0 Å². The van der Waals surface area contributed by atoms with Crippen LogP contribution in [-0.2, 0) is 4.79 Å². The maximum absolute atomic E-state index is 11.4. The topological polar surface area (TPSA) is 43.1 Å². The monoisotopic (exact) mass is 337 g/mol. The average Bonchev–Trinajstić information content (AvgIpc) is 2.57. The third-order valence-electron chi connectivity index (χ3n) is 4.87. The van der Waals surface area contributed by atoms with Crippen LogP contribution in [0.2, 0.25) is 0 Å². The molecule has 0 bridgehead atoms. The molecular weight excluding hydrogens is 294 g/mol. The number of carbonyl (C=O) groups excluding carboxylic acids is 1. The van der Waals surface area contributed by atoms with Crippen LogP contribution >= 0.6 is 0 Å². The van der Waals surface area contributed by atoms with Crippen LogP contribution in [0.4, 0.5) is 0 Å². The van der Waals surface area contributed by atoms with E-state index in [4.69, 9.17) is 5.73 Å². The van der Waals surface area contributed by atoms with Crippen LogP contribution in [0.3, 0.4) is 0 Å². The van der Waals surface area contributed by atoms with Gasteiger partial charge in [-0.15, -0.1) is 0 Å². The Hall–Kier alpha value is -0.790. The summed E-state index contributed by atoms with van der Waals surface area (Å²) in [4.78, 5) is 11.4. The molecular formula is C22H43NO. The first kappa shape index (κ1) is 23.2. The number of rotatable bonds is 18. The molecule has 1 amide bonds. The summed E-state index contributed by atoms with van der Waals surface area (Å²) in [6.45, 7) is 4.43. The van der Waals surface area contributed by atoms with Crippen molar-refractivity contribution in [3.8, 4) is 0 Å². The molecule has 1 unspecified atom stereocenters. The molecule has 0 saturated carbocycles. The van der Waals surface area contributed by atoms with Crippen molar-refractivity contribution in [3.63, 3.8) is 0 Å². The summed E-state index contributed by atoms with van der Waals surface area (Å²) in [6, 6.07) is 0. The molecule has 0 aromatic carbocycles. The number of nitrogens with two attached hydrogens (primary N) is 1. The minimum Gasteiger partial charge on any atom is -0.369 e. The van der Waals surface area contributed by atoms with E-state index in [2.05, 4.69) is 26.0 Å². The quantitative estimate of drug-likeness (QED) is 0.214. The molecule has 142 valence electrons. The van der Waals surface area contributed by atoms with Crippen molar-refractivity contribution in [2.75, 3.05) is 0 Å². The van der Waals surface area contributed by atoms with Gasteiger partial charge in [0.1, 0.15) is 0 Å². The van der Waals surface area contributed by atoms with Gasteiger partial charge in [-0.3, -0.25) is 4.79 Å². The largest absolute Gasteiger partial charge is 0.369 e. The minimum atomic E-state index is -0.0962. The predicted molar refractivity (Wildman–Crippen MR) is 107 cm³/mol. The fourth-order valence-electron chi connectivity index (χ4n) is 3.16. The predicted octanol–water partition coefficient (Wildman–Crippen LogP) is 6.93. The summed E-state index contributed by atoms with van der Waals surface area (Å²) in [5.41, 5.74) is 5.48. The molecule has 0 saturated heterocycles. The fraction of sp³-hybridized carbons (Fsp3) is 0.864. The second-order valence-electron chi connectivity index (χ2n) is 7.26. The van der Waals surface area contributed by atoms with Gasteiger partial charge in [0.15, 0.2) is 0 Å². The zero-order chi connectivity index (χ0) is 17.9. The molecule has 0 radical (unpaired) electrons. The summed E-state index contributed by atoms with van der Waals surface area (Å²) >= 11 is 0. The van der Waals surface area contributed by atoms with E-state index in [0.29, 0.717) is 0 Å². The van der Waals surface area contributed by atoms with E-state index in [9.17, 15) is 4.79 Å². The van der Waals surface area contributed by atoms with E-state index in [1.165, 1.54) is 70.6 Å². The van der Waals surface area contributed by atoms with Gasteiger partial charge in [0.05, 0.1) is 0 Å². The van der Waals surface area contributed by atoms with Gasteiger partial charge in [-0.1, -0.05) is 90.2 Å². The molecule has 0 rings (SSSR count). The number of allylic oxidation sites excluding steroid dienone is 2. The third kappa shape index (κ3) is 16.1. The van der Waals surface area contributed by atoms with E-state index in [0.717, 1.165) is 32.1 Å². The second-order valence-corrected chi connectivity index (χ2v) is 7.26. The molecule has 0 aliphatic carbocycles. The van der Waals surface area contributed by atoms with Crippen LogP contribution in [0.1, 0.15) is 117 Å². The van der Waals surface area contributed by atoms with Crippen molar-refractivity contribution in [1.29, 1.82) is 0 Å². The molecule has 2 heteroatoms. The Morgan fingerprint density at radius 3 is 1.71 bits per heavy atom. The lowest BCUT2D eigenvalue weighted by molar-refractivity contribution is -0.122. The summed E-state index contributed by atoms with van der Waals surface area (Å²) < 4.78 is 0. The van der Waals surface area contributed by atoms with Crippen molar-refractivity contribution in [1.82, 2.24) is 0 Å². The van der Waals surface area contributed by atoms with Crippen LogP contribution in [-0.4, -0.2) is 5.91 Å². The smallest absolute Gasteiger partial charge is 0.220 e. The molecule has 0 fully saturated rings. The maximum Gasteiger partial charge on any atom is 0.220 e. The molecule has 0 spiro atoms. The molecule has 0 aromatic heterocycles. The molecule has 0 heterocycles. The summed E-state index contributed by atoms with van der Waals surface area (Å²) in [6.07, 6.45) is 24.7. The highest BCUT2D eigenvalue weighted by molar-refractivity contribution is 5.76. The Bertz CT molecular complexity index is 298. The molecule has 0 aromatic rings. The van der Waals surface area contributed by atoms with Gasteiger partial charge in [0.25, 0.3) is 0 Å². The van der Waals surface area contributed by atoms with Crippen molar-refractivity contribution >= 4 is 5.91 Å². The Labute approximate surface area is 151 Å². The van der Waals surface area contributed by atoms with Crippen molar-refractivity contribution in [3.05, 3.63) is 12.2 Å². The number of amides is 1. The summed E-state index contributed by atoms with van der Waals surface area (Å²) in [5.74, 6) is 0.0169. The lowest BCUT2D eigenvalue weighted by atomic mass is 9.94. The Morgan fingerprint density at radius 1 is 0.708 bits per heavy atom. The van der Waals surface area contributed by atoms with E-state index in [1.54, 1.807) is 0 Å². The summed E-state index contributed by atoms with van der Waals surface area (Å²) in [5, 5.41) is 0. The SMILES string of the molecule is CCCCCCCC/C=C\CCCCCCC(CCCC)C(N)=O. The highest BCUT2D eigenvalue weighted by Gasteiger charge is 2.13. The van der Waals surface area contributed by atoms with Gasteiger partial charge in [0, 0.05) is 5.92 Å². The average molecular weight is 338 g/mol. The van der Waals surface area contributed by atoms with Crippen LogP contribution in [0.25, 0.3) is 0 Å². The number of unbranched alkanes of at least 4 members (excludes halogenated alkanes) is 11. The summed E-state index contributed by atoms with van der Waals surface area (Å²) in [7, 11) is 0. The third-order valence-corrected chi connectivity index (χ3v) is 4.87. The van der Waals surface area contributed by atoms with Gasteiger partial charge in [0.2, 0.25) is 5.91 Å². The molecule has 0 aliphatic rings. The Morgan fingerprint density at radius 2 is 1.17 bits per heavy atom. The Balaban J connectivity index is 3.37. The minimum absolute atomic E-state index is 0.0962. The first-order valence-corrected chi connectivity index (χ1v) is 10.7. The number of carbonyl (C=O) groups is 1. The van der Waals surface area contributed by atoms with Crippen molar-refractivity contribution in [2.24, 2.45) is 11.7 Å². The normalized spacial score (nSPS) is 12.8. The van der Waals surface area contributed by atoms with Crippen LogP contribution in [0.5, 0.6) is 0 Å². The van der Waals surface area contributed by atoms with Gasteiger partial charge in [-0.25, -0.2) is 0 Å². The van der Waals surface area contributed by atoms with Gasteiger partial charge < -0.3 is 5.73 Å². The van der Waals surface area contributed by atoms with E-state index in [-0.39, 0.29) is 11.8 Å². The first-order valence-electron chi connectivity index (χ1n) is 10.7. The van der Waals surface area contributed by atoms with Crippen LogP contribution in [0.15, 0.2) is 12.2 Å². The van der Waals surface area contributed by atoms with E-state index in [1.807, 2.05) is 0 Å². The number of hydrogen-bond acceptors (Lipinski definition) is 1. The molecule has 1 atom stereocenters. The second kappa shape index (κ2) is 18.5. The number of hydrogen-bond donors (Lipinski definition) is 1. The maximum atomic E-state index is 11.4. The molecule has 2 nitrogen and oxygen atoms in total. The standard InChI is InChI=1S/C22H43NO/c1-3-5-7-8-9-10-11-12-13-14-15-16-17-18-20-21(22(23)24)19-6-4-2/h12-13,21H,3-11,14-20H2,1-2H3,(H2,23,24)/b13-12-. The Kier molecular flexibility index (Phi) is 17.9. The van der Waals surface area contributed by atoms with Crippen LogP contribution < -0.4 is 5.73 Å². The van der Waals surface area contributed by atoms with Crippen molar-refractivity contribution < 1.29 is 4.79 Å². The highest BCUT2D eigenvalue weighted by atomic mass is 16.1.